The second-order valence-electron chi connectivity index (χ2n) is 7.12. The highest BCUT2D eigenvalue weighted by Crippen LogP contribution is 2.35. The molecule has 30 heavy (non-hydrogen) atoms. The molecule has 2 aromatic carbocycles. The van der Waals surface area contributed by atoms with E-state index in [9.17, 15) is 18.3 Å². The van der Waals surface area contributed by atoms with Crippen molar-refractivity contribution in [3.63, 3.8) is 0 Å². The number of fused-ring (bicyclic) bond motifs is 2. The summed E-state index contributed by atoms with van der Waals surface area (Å²) in [5.41, 5.74) is 1.82. The van der Waals surface area contributed by atoms with Gasteiger partial charge in [0.2, 0.25) is 16.8 Å². The van der Waals surface area contributed by atoms with Crippen LogP contribution >= 0.6 is 0 Å². The lowest BCUT2D eigenvalue weighted by molar-refractivity contribution is 0.0843. The second kappa shape index (κ2) is 8.04. The van der Waals surface area contributed by atoms with Gasteiger partial charge in [0, 0.05) is 24.7 Å². The molecule has 1 amide bonds. The van der Waals surface area contributed by atoms with Crippen LogP contribution < -0.4 is 23.8 Å². The third-order valence-corrected chi connectivity index (χ3v) is 6.06. The average molecular weight is 434 g/mol. The van der Waals surface area contributed by atoms with E-state index in [2.05, 4.69) is 5.32 Å². The second-order valence-corrected chi connectivity index (χ2v) is 9.03. The third kappa shape index (κ3) is 4.29. The number of hydrogen-bond donors (Lipinski definition) is 2. The van der Waals surface area contributed by atoms with Gasteiger partial charge in [-0.2, -0.15) is 0 Å². The first kappa shape index (κ1) is 20.3. The summed E-state index contributed by atoms with van der Waals surface area (Å²) in [4.78, 5) is 12.4. The minimum absolute atomic E-state index is 0.00652. The normalized spacial score (nSPS) is 15.6. The van der Waals surface area contributed by atoms with Gasteiger partial charge >= 0.3 is 0 Å². The molecule has 0 spiro atoms. The van der Waals surface area contributed by atoms with Crippen LogP contribution in [0.4, 0.5) is 5.69 Å². The number of anilines is 1. The molecule has 0 bridgehead atoms. The Morgan fingerprint density at radius 3 is 2.83 bits per heavy atom. The van der Waals surface area contributed by atoms with Crippen LogP contribution in [0.25, 0.3) is 0 Å². The van der Waals surface area contributed by atoms with Crippen molar-refractivity contribution in [3.05, 3.63) is 47.5 Å². The summed E-state index contributed by atoms with van der Waals surface area (Å²) in [5, 5.41) is 12.8. The Bertz CT molecular complexity index is 1070. The van der Waals surface area contributed by atoms with Gasteiger partial charge in [-0.3, -0.25) is 9.10 Å². The van der Waals surface area contributed by atoms with Gasteiger partial charge in [-0.05, 0) is 42.3 Å². The minimum atomic E-state index is -3.33. The van der Waals surface area contributed by atoms with Gasteiger partial charge < -0.3 is 24.6 Å². The predicted octanol–water partition coefficient (Wildman–Crippen LogP) is 0.907. The molecule has 2 aliphatic rings. The van der Waals surface area contributed by atoms with E-state index >= 15 is 0 Å². The van der Waals surface area contributed by atoms with Crippen molar-refractivity contribution in [1.29, 1.82) is 0 Å². The summed E-state index contributed by atoms with van der Waals surface area (Å²) < 4.78 is 41.0. The lowest BCUT2D eigenvalue weighted by atomic mass is 10.1. The quantitative estimate of drug-likeness (QED) is 0.666. The maximum absolute atomic E-state index is 12.4. The molecule has 9 nitrogen and oxygen atoms in total. The monoisotopic (exact) mass is 434 g/mol. The zero-order chi connectivity index (χ0) is 21.3. The number of nitrogens with one attached hydrogen (secondary N) is 1. The van der Waals surface area contributed by atoms with E-state index in [1.807, 2.05) is 0 Å². The maximum atomic E-state index is 12.4. The number of carbonyl (C=O) groups is 1. The number of amides is 1. The smallest absolute Gasteiger partial charge is 0.251 e. The summed E-state index contributed by atoms with van der Waals surface area (Å²) in [5.74, 6) is 1.40. The Kier molecular flexibility index (Phi) is 5.44. The van der Waals surface area contributed by atoms with Gasteiger partial charge in [-0.15, -0.1) is 0 Å². The lowest BCUT2D eigenvalue weighted by Crippen LogP contribution is -2.35. The molecule has 1 unspecified atom stereocenters. The molecular formula is C20H22N2O7S. The van der Waals surface area contributed by atoms with Crippen LogP contribution in [-0.2, 0) is 16.4 Å². The molecule has 0 saturated carbocycles. The third-order valence-electron chi connectivity index (χ3n) is 4.88. The summed E-state index contributed by atoms with van der Waals surface area (Å²) in [6.45, 7) is 0.543. The molecule has 2 aliphatic heterocycles. The van der Waals surface area contributed by atoms with Gasteiger partial charge in [0.15, 0.2) is 11.5 Å². The average Bonchev–Trinajstić information content (AvgIpc) is 3.35. The highest BCUT2D eigenvalue weighted by atomic mass is 32.2. The number of rotatable bonds is 7. The topological polar surface area (TPSA) is 114 Å². The van der Waals surface area contributed by atoms with Gasteiger partial charge in [0.1, 0.15) is 18.5 Å². The van der Waals surface area contributed by atoms with E-state index in [1.165, 1.54) is 4.31 Å². The largest absolute Gasteiger partial charge is 0.491 e. The number of aliphatic hydroxyl groups is 1. The van der Waals surface area contributed by atoms with Gasteiger partial charge in [0.05, 0.1) is 11.9 Å². The van der Waals surface area contributed by atoms with Crippen molar-refractivity contribution >= 4 is 21.6 Å². The van der Waals surface area contributed by atoms with Crippen LogP contribution in [-0.4, -0.2) is 58.3 Å². The number of ether oxygens (including phenoxy) is 3. The molecule has 0 aliphatic carbocycles. The first-order chi connectivity index (χ1) is 14.3. The van der Waals surface area contributed by atoms with Crippen molar-refractivity contribution in [2.75, 3.05) is 37.1 Å². The summed E-state index contributed by atoms with van der Waals surface area (Å²) in [6.07, 6.45) is 0.806. The Morgan fingerprint density at radius 1 is 1.23 bits per heavy atom. The molecule has 160 valence electrons. The van der Waals surface area contributed by atoms with Crippen LogP contribution in [0.5, 0.6) is 17.2 Å². The van der Waals surface area contributed by atoms with Gasteiger partial charge in [0.25, 0.3) is 5.91 Å². The number of benzene rings is 2. The number of nitrogens with zero attached hydrogens (tertiary/aromatic N) is 1. The molecule has 0 fully saturated rings. The van der Waals surface area contributed by atoms with E-state index in [4.69, 9.17) is 14.2 Å². The molecular weight excluding hydrogens is 412 g/mol. The van der Waals surface area contributed by atoms with Crippen LogP contribution in [0.15, 0.2) is 36.4 Å². The van der Waals surface area contributed by atoms with Crippen LogP contribution in [0.1, 0.15) is 15.9 Å². The number of sulfonamides is 1. The Morgan fingerprint density at radius 2 is 2.03 bits per heavy atom. The SMILES string of the molecule is CS(=O)(=O)N1CCc2cc(C(=O)NCC(O)COc3ccc4c(c3)OCO4)ccc21. The number of carbonyl (C=O) groups excluding carboxylic acids is 1. The zero-order valence-electron chi connectivity index (χ0n) is 16.3. The van der Waals surface area contributed by atoms with Crippen molar-refractivity contribution in [2.45, 2.75) is 12.5 Å². The molecule has 2 aromatic rings. The highest BCUT2D eigenvalue weighted by molar-refractivity contribution is 7.92. The van der Waals surface area contributed by atoms with E-state index in [0.717, 1.165) is 11.8 Å². The molecule has 0 radical (unpaired) electrons. The van der Waals surface area contributed by atoms with Crippen molar-refractivity contribution in [1.82, 2.24) is 5.32 Å². The first-order valence-corrected chi connectivity index (χ1v) is 11.3. The van der Waals surface area contributed by atoms with Crippen molar-refractivity contribution in [2.24, 2.45) is 0 Å². The van der Waals surface area contributed by atoms with Crippen LogP contribution in [0.2, 0.25) is 0 Å². The Hall–Kier alpha value is -2.98. The van der Waals surface area contributed by atoms with E-state index in [0.29, 0.717) is 41.5 Å². The molecule has 2 heterocycles. The van der Waals surface area contributed by atoms with E-state index in [-0.39, 0.29) is 25.9 Å². The Labute approximate surface area is 174 Å². The summed E-state index contributed by atoms with van der Waals surface area (Å²) in [7, 11) is -3.33. The van der Waals surface area contributed by atoms with E-state index in [1.54, 1.807) is 36.4 Å². The number of hydrogen-bond acceptors (Lipinski definition) is 7. The molecule has 1 atom stereocenters. The molecule has 10 heteroatoms. The fourth-order valence-electron chi connectivity index (χ4n) is 3.39. The predicted molar refractivity (Wildman–Crippen MR) is 109 cm³/mol. The Balaban J connectivity index is 1.29. The summed E-state index contributed by atoms with van der Waals surface area (Å²) in [6, 6.07) is 10.0. The minimum Gasteiger partial charge on any atom is -0.491 e. The lowest BCUT2D eigenvalue weighted by Gasteiger charge is -2.17. The zero-order valence-corrected chi connectivity index (χ0v) is 17.1. The number of aliphatic hydroxyl groups excluding tert-OH is 1. The molecule has 0 aromatic heterocycles. The van der Waals surface area contributed by atoms with Crippen LogP contribution in [0.3, 0.4) is 0 Å². The van der Waals surface area contributed by atoms with Crippen molar-refractivity contribution < 1.29 is 32.5 Å². The highest BCUT2D eigenvalue weighted by Gasteiger charge is 2.26. The van der Waals surface area contributed by atoms with E-state index < -0.39 is 16.1 Å². The standard InChI is InChI=1S/C20H22N2O7S/c1-30(25,26)22-7-6-13-8-14(2-4-17(13)22)20(24)21-10-15(23)11-27-16-3-5-18-19(9-16)29-12-28-18/h2-5,8-9,15,23H,6-7,10-12H2,1H3,(H,21,24). The molecule has 4 rings (SSSR count). The maximum Gasteiger partial charge on any atom is 0.251 e. The molecule has 2 N–H and O–H groups in total. The fraction of sp³-hybridized carbons (Fsp3) is 0.350. The fourth-order valence-corrected chi connectivity index (χ4v) is 4.35. The van der Waals surface area contributed by atoms with Gasteiger partial charge in [-0.25, -0.2) is 8.42 Å². The molecule has 0 saturated heterocycles. The summed E-state index contributed by atoms with van der Waals surface area (Å²) >= 11 is 0. The van der Waals surface area contributed by atoms with Gasteiger partial charge in [-0.1, -0.05) is 0 Å². The van der Waals surface area contributed by atoms with Crippen molar-refractivity contribution in [3.8, 4) is 17.2 Å². The van der Waals surface area contributed by atoms with Crippen LogP contribution in [0, 0.1) is 0 Å². The first-order valence-electron chi connectivity index (χ1n) is 9.40.